The summed E-state index contributed by atoms with van der Waals surface area (Å²) in [5, 5.41) is 0. The molecule has 0 aliphatic rings. The Labute approximate surface area is 165 Å². The number of sulfonamides is 1. The van der Waals surface area contributed by atoms with Gasteiger partial charge in [-0.3, -0.25) is 0 Å². The maximum Gasteiger partial charge on any atom is 0.269 e. The zero-order valence-electron chi connectivity index (χ0n) is 16.2. The lowest BCUT2D eigenvalue weighted by molar-refractivity contribution is 0.555. The fraction of sp³-hybridized carbons (Fsp3) is 0.316. The number of benzene rings is 2. The molecule has 0 amide bonds. The summed E-state index contributed by atoms with van der Waals surface area (Å²) in [5.41, 5.74) is 3.06. The zero-order chi connectivity index (χ0) is 20.7. The Hall–Kier alpha value is -2.23. The summed E-state index contributed by atoms with van der Waals surface area (Å²) in [6, 6.07) is 8.60. The minimum Gasteiger partial charge on any atom is -0.236 e. The van der Waals surface area contributed by atoms with Gasteiger partial charge in [0.25, 0.3) is 10.0 Å². The van der Waals surface area contributed by atoms with E-state index in [1.807, 2.05) is 26.8 Å². The summed E-state index contributed by atoms with van der Waals surface area (Å²) in [6.45, 7) is 7.49. The first-order valence-corrected chi connectivity index (χ1v) is 11.8. The molecule has 7 nitrogen and oxygen atoms in total. The number of aromatic nitrogens is 2. The van der Waals surface area contributed by atoms with Gasteiger partial charge in [0.1, 0.15) is 6.33 Å². The van der Waals surface area contributed by atoms with Gasteiger partial charge in [-0.1, -0.05) is 6.92 Å². The van der Waals surface area contributed by atoms with Crippen molar-refractivity contribution >= 4 is 31.1 Å². The molecule has 1 N–H and O–H groups in total. The Bertz CT molecular complexity index is 1230. The summed E-state index contributed by atoms with van der Waals surface area (Å²) in [6.07, 6.45) is 1.92. The molecule has 9 heteroatoms. The van der Waals surface area contributed by atoms with E-state index in [0.717, 1.165) is 15.1 Å². The molecule has 0 saturated heterocycles. The highest BCUT2D eigenvalue weighted by Gasteiger charge is 2.22. The first-order chi connectivity index (χ1) is 13.1. The molecule has 0 radical (unpaired) electrons. The predicted molar refractivity (Wildman–Crippen MR) is 108 cm³/mol. The third-order valence-electron chi connectivity index (χ3n) is 4.79. The van der Waals surface area contributed by atoms with Crippen LogP contribution in [-0.4, -0.2) is 31.8 Å². The first-order valence-electron chi connectivity index (χ1n) is 8.88. The van der Waals surface area contributed by atoms with Crippen molar-refractivity contribution in [3.8, 4) is 0 Å². The van der Waals surface area contributed by atoms with Crippen molar-refractivity contribution < 1.29 is 16.8 Å². The minimum absolute atomic E-state index is 0.00693. The van der Waals surface area contributed by atoms with Crippen molar-refractivity contribution in [2.24, 2.45) is 0 Å². The van der Waals surface area contributed by atoms with Crippen LogP contribution in [0.2, 0.25) is 0 Å². The second-order valence-electron chi connectivity index (χ2n) is 6.87. The van der Waals surface area contributed by atoms with E-state index >= 15 is 0 Å². The zero-order valence-corrected chi connectivity index (χ0v) is 17.8. The third kappa shape index (κ3) is 3.69. The Kier molecular flexibility index (Phi) is 5.35. The van der Waals surface area contributed by atoms with E-state index in [2.05, 4.69) is 9.71 Å². The number of aryl methyl sites for hydroxylation is 2. The lowest BCUT2D eigenvalue weighted by Crippen LogP contribution is -2.32. The van der Waals surface area contributed by atoms with E-state index in [9.17, 15) is 16.8 Å². The number of nitrogens with one attached hydrogen (secondary N) is 1. The molecule has 28 heavy (non-hydrogen) atoms. The first kappa shape index (κ1) is 20.5. The molecule has 0 spiro atoms. The summed E-state index contributed by atoms with van der Waals surface area (Å²) in [7, 11) is -7.60. The van der Waals surface area contributed by atoms with Crippen LogP contribution in [0, 0.1) is 13.8 Å². The van der Waals surface area contributed by atoms with Crippen molar-refractivity contribution in [1.82, 2.24) is 13.7 Å². The van der Waals surface area contributed by atoms with Gasteiger partial charge in [-0.2, -0.15) is 0 Å². The Morgan fingerprint density at radius 2 is 1.57 bits per heavy atom. The molecular formula is C19H23N3O4S2. The fourth-order valence-corrected chi connectivity index (χ4v) is 5.37. The molecule has 3 rings (SSSR count). The minimum atomic E-state index is -3.90. The molecule has 1 aromatic heterocycles. The second kappa shape index (κ2) is 7.31. The monoisotopic (exact) mass is 421 g/mol. The number of rotatable bonds is 6. The van der Waals surface area contributed by atoms with Gasteiger partial charge in [-0.05, 0) is 74.7 Å². The molecule has 0 aliphatic heterocycles. The lowest BCUT2D eigenvalue weighted by Gasteiger charge is -2.13. The second-order valence-corrected chi connectivity index (χ2v) is 10.4. The SMILES string of the molecule is CC[C@H](C)NS(=O)(=O)c1ccc(S(=O)(=O)n2cnc3cc(C)c(C)cc32)cc1. The molecular weight excluding hydrogens is 398 g/mol. The highest BCUT2D eigenvalue weighted by molar-refractivity contribution is 7.90. The summed E-state index contributed by atoms with van der Waals surface area (Å²) in [5.74, 6) is 0. The normalized spacial score (nSPS) is 13.7. The van der Waals surface area contributed by atoms with E-state index in [1.165, 1.54) is 30.6 Å². The molecule has 0 fully saturated rings. The van der Waals surface area contributed by atoms with Gasteiger partial charge >= 0.3 is 0 Å². The van der Waals surface area contributed by atoms with E-state index in [0.29, 0.717) is 17.5 Å². The predicted octanol–water partition coefficient (Wildman–Crippen LogP) is 2.97. The van der Waals surface area contributed by atoms with Crippen LogP contribution in [0.1, 0.15) is 31.4 Å². The number of hydrogen-bond acceptors (Lipinski definition) is 5. The molecule has 2 aromatic carbocycles. The number of hydrogen-bond donors (Lipinski definition) is 1. The van der Waals surface area contributed by atoms with E-state index < -0.39 is 20.0 Å². The number of fused-ring (bicyclic) bond motifs is 1. The van der Waals surface area contributed by atoms with Crippen molar-refractivity contribution in [2.75, 3.05) is 0 Å². The maximum absolute atomic E-state index is 13.0. The Balaban J connectivity index is 2.01. The summed E-state index contributed by atoms with van der Waals surface area (Å²) >= 11 is 0. The average molecular weight is 422 g/mol. The van der Waals surface area contributed by atoms with Crippen LogP contribution >= 0.6 is 0 Å². The van der Waals surface area contributed by atoms with Gasteiger partial charge in [0.05, 0.1) is 20.8 Å². The van der Waals surface area contributed by atoms with Gasteiger partial charge in [0.2, 0.25) is 10.0 Å². The Morgan fingerprint density at radius 3 is 2.18 bits per heavy atom. The standard InChI is InChI=1S/C19H23N3O4S2/c1-5-15(4)21-27(23,24)16-6-8-17(9-7-16)28(25,26)22-12-20-18-10-13(2)14(3)11-19(18)22/h6-12,15,21H,5H2,1-4H3/t15-/m0/s1. The van der Waals surface area contributed by atoms with Crippen molar-refractivity contribution in [3.63, 3.8) is 0 Å². The average Bonchev–Trinajstić information content (AvgIpc) is 3.05. The molecule has 0 unspecified atom stereocenters. The van der Waals surface area contributed by atoms with Crippen LogP contribution in [0.4, 0.5) is 0 Å². The largest absolute Gasteiger partial charge is 0.269 e. The number of imidazole rings is 1. The van der Waals surface area contributed by atoms with E-state index in [1.54, 1.807) is 13.0 Å². The topological polar surface area (TPSA) is 98.1 Å². The third-order valence-corrected chi connectivity index (χ3v) is 8.07. The number of nitrogens with zero attached hydrogens (tertiary/aromatic N) is 2. The summed E-state index contributed by atoms with van der Waals surface area (Å²) < 4.78 is 54.5. The van der Waals surface area contributed by atoms with E-state index in [-0.39, 0.29) is 15.8 Å². The smallest absolute Gasteiger partial charge is 0.236 e. The fourth-order valence-electron chi connectivity index (χ4n) is 2.75. The van der Waals surface area contributed by atoms with Crippen LogP contribution in [0.3, 0.4) is 0 Å². The molecule has 150 valence electrons. The maximum atomic E-state index is 13.0. The van der Waals surface area contributed by atoms with Crippen molar-refractivity contribution in [3.05, 3.63) is 53.9 Å². The molecule has 1 atom stereocenters. The van der Waals surface area contributed by atoms with E-state index in [4.69, 9.17) is 0 Å². The van der Waals surface area contributed by atoms with Crippen LogP contribution in [0.25, 0.3) is 11.0 Å². The Morgan fingerprint density at radius 1 is 1.00 bits per heavy atom. The molecule has 0 bridgehead atoms. The van der Waals surface area contributed by atoms with Crippen LogP contribution < -0.4 is 4.72 Å². The molecule has 1 heterocycles. The van der Waals surface area contributed by atoms with Gasteiger partial charge < -0.3 is 0 Å². The van der Waals surface area contributed by atoms with Crippen LogP contribution in [-0.2, 0) is 20.0 Å². The quantitative estimate of drug-likeness (QED) is 0.660. The molecule has 3 aromatic rings. The van der Waals surface area contributed by atoms with Crippen molar-refractivity contribution in [2.45, 2.75) is 49.9 Å². The van der Waals surface area contributed by atoms with Gasteiger partial charge in [-0.15, -0.1) is 0 Å². The van der Waals surface area contributed by atoms with Gasteiger partial charge in [-0.25, -0.2) is 30.5 Å². The van der Waals surface area contributed by atoms with Crippen LogP contribution in [0.15, 0.2) is 52.5 Å². The highest BCUT2D eigenvalue weighted by Crippen LogP contribution is 2.24. The molecule has 0 aliphatic carbocycles. The van der Waals surface area contributed by atoms with Gasteiger partial charge in [0, 0.05) is 6.04 Å². The van der Waals surface area contributed by atoms with Gasteiger partial charge in [0.15, 0.2) is 0 Å². The molecule has 0 saturated carbocycles. The van der Waals surface area contributed by atoms with Crippen LogP contribution in [0.5, 0.6) is 0 Å². The summed E-state index contributed by atoms with van der Waals surface area (Å²) in [4.78, 5) is 4.20. The highest BCUT2D eigenvalue weighted by atomic mass is 32.2. The van der Waals surface area contributed by atoms with Crippen molar-refractivity contribution in [1.29, 1.82) is 0 Å². The lowest BCUT2D eigenvalue weighted by atomic mass is 10.1.